The molecule has 0 aliphatic rings. The van der Waals surface area contributed by atoms with E-state index in [9.17, 15) is 0 Å². The van der Waals surface area contributed by atoms with E-state index in [1.807, 2.05) is 6.92 Å². The Hall–Kier alpha value is -1.54. The fourth-order valence-corrected chi connectivity index (χ4v) is 2.05. The minimum absolute atomic E-state index is 0. The van der Waals surface area contributed by atoms with Gasteiger partial charge in [-0.3, -0.25) is 0 Å². The topological polar surface area (TPSA) is 38.1 Å². The first-order valence-corrected chi connectivity index (χ1v) is 5.98. The van der Waals surface area contributed by atoms with Crippen LogP contribution in [-0.2, 0) is 16.5 Å². The summed E-state index contributed by atoms with van der Waals surface area (Å²) in [5, 5.41) is 0. The molecular formula is C15H17N3Ni+2. The van der Waals surface area contributed by atoms with Gasteiger partial charge in [0.05, 0.1) is 11.4 Å². The van der Waals surface area contributed by atoms with E-state index >= 15 is 0 Å². The molecule has 1 aromatic carbocycles. The van der Waals surface area contributed by atoms with Crippen LogP contribution in [0.2, 0.25) is 0 Å². The molecule has 0 bridgehead atoms. The van der Waals surface area contributed by atoms with Crippen molar-refractivity contribution in [3.05, 3.63) is 53.1 Å². The number of aromatic nitrogens is 2. The summed E-state index contributed by atoms with van der Waals surface area (Å²) >= 11 is 0. The second kappa shape index (κ2) is 6.58. The van der Waals surface area contributed by atoms with Crippen molar-refractivity contribution in [2.45, 2.75) is 27.7 Å². The Bertz CT molecular complexity index is 569. The molecule has 1 aromatic heterocycles. The van der Waals surface area contributed by atoms with Gasteiger partial charge in [0.2, 0.25) is 0 Å². The standard InChI is InChI=1S/C15H17N3.Ni/c1-10-8-11(2)14(12(3)9-10)18-13(4)15-16-6-5-7-17-15;/h5-9H,1-4H3;/q;+2. The normalized spacial score (nSPS) is 11.1. The third-order valence-electron chi connectivity index (χ3n) is 2.80. The van der Waals surface area contributed by atoms with Crippen LogP contribution in [0.4, 0.5) is 5.69 Å². The maximum atomic E-state index is 4.66. The van der Waals surface area contributed by atoms with Gasteiger partial charge in [0.15, 0.2) is 5.82 Å². The van der Waals surface area contributed by atoms with Crippen molar-refractivity contribution in [1.29, 1.82) is 0 Å². The van der Waals surface area contributed by atoms with Crippen LogP contribution in [0, 0.1) is 20.8 Å². The van der Waals surface area contributed by atoms with Gasteiger partial charge < -0.3 is 0 Å². The summed E-state index contributed by atoms with van der Waals surface area (Å²) in [5.41, 5.74) is 5.49. The van der Waals surface area contributed by atoms with E-state index in [1.54, 1.807) is 18.5 Å². The molecule has 3 nitrogen and oxygen atoms in total. The van der Waals surface area contributed by atoms with Gasteiger partial charge in [-0.1, -0.05) is 17.7 Å². The van der Waals surface area contributed by atoms with Gasteiger partial charge in [0, 0.05) is 12.4 Å². The summed E-state index contributed by atoms with van der Waals surface area (Å²) in [6.45, 7) is 8.20. The molecule has 2 rings (SSSR count). The summed E-state index contributed by atoms with van der Waals surface area (Å²) in [4.78, 5) is 13.1. The zero-order valence-electron chi connectivity index (χ0n) is 11.5. The first-order chi connectivity index (χ1) is 8.58. The summed E-state index contributed by atoms with van der Waals surface area (Å²) in [6, 6.07) is 6.09. The number of rotatable bonds is 2. The zero-order valence-corrected chi connectivity index (χ0v) is 12.5. The molecule has 0 aliphatic carbocycles. The Morgan fingerprint density at radius 1 is 1.00 bits per heavy atom. The molecule has 0 atom stereocenters. The van der Waals surface area contributed by atoms with E-state index < -0.39 is 0 Å². The Morgan fingerprint density at radius 2 is 1.53 bits per heavy atom. The van der Waals surface area contributed by atoms with Gasteiger partial charge in [-0.15, -0.1) is 0 Å². The van der Waals surface area contributed by atoms with Crippen LogP contribution in [0.3, 0.4) is 0 Å². The quantitative estimate of drug-likeness (QED) is 0.628. The third-order valence-corrected chi connectivity index (χ3v) is 2.80. The second-order valence-corrected chi connectivity index (χ2v) is 4.52. The van der Waals surface area contributed by atoms with Crippen LogP contribution < -0.4 is 0 Å². The van der Waals surface area contributed by atoms with Crippen molar-refractivity contribution < 1.29 is 16.5 Å². The number of hydrogen-bond donors (Lipinski definition) is 0. The minimum atomic E-state index is 0. The average molecular weight is 298 g/mol. The van der Waals surface area contributed by atoms with Gasteiger partial charge in [0.1, 0.15) is 0 Å². The summed E-state index contributed by atoms with van der Waals surface area (Å²) in [6.07, 6.45) is 3.46. The molecule has 19 heavy (non-hydrogen) atoms. The van der Waals surface area contributed by atoms with Crippen molar-refractivity contribution >= 4 is 11.4 Å². The maximum Gasteiger partial charge on any atom is 2.00 e. The number of aryl methyl sites for hydroxylation is 3. The SMILES string of the molecule is CC(=Nc1c(C)cc(C)cc1C)c1ncccn1.[Ni+2]. The van der Waals surface area contributed by atoms with Gasteiger partial charge in [-0.25, -0.2) is 15.0 Å². The zero-order chi connectivity index (χ0) is 13.1. The molecule has 0 N–H and O–H groups in total. The molecule has 0 amide bonds. The van der Waals surface area contributed by atoms with Crippen LogP contribution in [0.25, 0.3) is 0 Å². The van der Waals surface area contributed by atoms with E-state index in [1.165, 1.54) is 16.7 Å². The molecule has 0 unspecified atom stereocenters. The van der Waals surface area contributed by atoms with Crippen molar-refractivity contribution in [1.82, 2.24) is 9.97 Å². The van der Waals surface area contributed by atoms with Crippen LogP contribution >= 0.6 is 0 Å². The smallest absolute Gasteiger partial charge is 0.249 e. The largest absolute Gasteiger partial charge is 2.00 e. The first-order valence-electron chi connectivity index (χ1n) is 5.98. The van der Waals surface area contributed by atoms with E-state index in [-0.39, 0.29) is 16.5 Å². The summed E-state index contributed by atoms with van der Waals surface area (Å²) in [7, 11) is 0. The molecule has 0 fully saturated rings. The number of aliphatic imine (C=N–C) groups is 1. The van der Waals surface area contributed by atoms with Crippen LogP contribution in [0.5, 0.6) is 0 Å². The van der Waals surface area contributed by atoms with E-state index in [0.29, 0.717) is 5.82 Å². The summed E-state index contributed by atoms with van der Waals surface area (Å²) in [5.74, 6) is 0.678. The minimum Gasteiger partial charge on any atom is -0.249 e. The monoisotopic (exact) mass is 297 g/mol. The molecule has 4 heteroatoms. The van der Waals surface area contributed by atoms with Crippen molar-refractivity contribution in [3.63, 3.8) is 0 Å². The molecule has 100 valence electrons. The maximum absolute atomic E-state index is 4.66. The number of nitrogens with zero attached hydrogens (tertiary/aromatic N) is 3. The fourth-order valence-electron chi connectivity index (χ4n) is 2.05. The molecule has 0 aliphatic heterocycles. The predicted molar refractivity (Wildman–Crippen MR) is 74.6 cm³/mol. The Kier molecular flexibility index (Phi) is 5.37. The van der Waals surface area contributed by atoms with Crippen LogP contribution in [0.15, 0.2) is 35.6 Å². The third kappa shape index (κ3) is 3.71. The van der Waals surface area contributed by atoms with Gasteiger partial charge in [-0.2, -0.15) is 0 Å². The molecule has 0 saturated carbocycles. The van der Waals surface area contributed by atoms with Crippen molar-refractivity contribution in [3.8, 4) is 0 Å². The van der Waals surface area contributed by atoms with Crippen molar-refractivity contribution in [2.24, 2.45) is 4.99 Å². The van der Waals surface area contributed by atoms with Gasteiger partial charge >= 0.3 is 16.5 Å². The fraction of sp³-hybridized carbons (Fsp3) is 0.267. The molecule has 0 saturated heterocycles. The molecule has 0 radical (unpaired) electrons. The van der Waals surface area contributed by atoms with E-state index in [2.05, 4.69) is 47.9 Å². The Balaban J connectivity index is 0.00000180. The van der Waals surface area contributed by atoms with Gasteiger partial charge in [-0.05, 0) is 44.9 Å². The van der Waals surface area contributed by atoms with Crippen molar-refractivity contribution in [2.75, 3.05) is 0 Å². The average Bonchev–Trinajstić information content (AvgIpc) is 2.34. The molecular weight excluding hydrogens is 281 g/mol. The molecule has 1 heterocycles. The predicted octanol–water partition coefficient (Wildman–Crippen LogP) is 3.54. The Morgan fingerprint density at radius 3 is 2.05 bits per heavy atom. The number of benzene rings is 1. The summed E-state index contributed by atoms with van der Waals surface area (Å²) < 4.78 is 0. The van der Waals surface area contributed by atoms with Gasteiger partial charge in [0.25, 0.3) is 0 Å². The second-order valence-electron chi connectivity index (χ2n) is 4.52. The van der Waals surface area contributed by atoms with E-state index in [4.69, 9.17) is 0 Å². The molecule has 0 spiro atoms. The van der Waals surface area contributed by atoms with Crippen LogP contribution in [-0.4, -0.2) is 15.7 Å². The first kappa shape index (κ1) is 15.5. The Labute approximate surface area is 124 Å². The number of hydrogen-bond acceptors (Lipinski definition) is 3. The van der Waals surface area contributed by atoms with E-state index in [0.717, 1.165) is 11.4 Å². The molecule has 2 aromatic rings. The van der Waals surface area contributed by atoms with Crippen LogP contribution in [0.1, 0.15) is 29.4 Å².